The zero-order chi connectivity index (χ0) is 36.0. The average molecular weight is 621 g/mol. The van der Waals surface area contributed by atoms with Crippen LogP contribution in [-0.2, 0) is 0 Å². The van der Waals surface area contributed by atoms with E-state index in [1.165, 1.54) is 0 Å². The van der Waals surface area contributed by atoms with Crippen molar-refractivity contribution in [2.24, 2.45) is 0 Å². The normalized spacial score (nSPS) is 13.2. The molecular formula is C43H25N3O2. The van der Waals surface area contributed by atoms with E-state index in [4.69, 9.17) is 30.6 Å². The molecule has 5 nitrogen and oxygen atoms in total. The third kappa shape index (κ3) is 4.15. The van der Waals surface area contributed by atoms with E-state index in [9.17, 15) is 0 Å². The molecule has 0 unspecified atom stereocenters. The van der Waals surface area contributed by atoms with Crippen LogP contribution in [-0.4, -0.2) is 15.0 Å². The van der Waals surface area contributed by atoms with Gasteiger partial charge in [0, 0.05) is 32.7 Å². The fraction of sp³-hybridized carbons (Fsp3) is 0. The van der Waals surface area contributed by atoms with Gasteiger partial charge in [-0.15, -0.1) is 0 Å². The molecule has 0 saturated heterocycles. The lowest BCUT2D eigenvalue weighted by molar-refractivity contribution is 0.669. The Morgan fingerprint density at radius 3 is 1.92 bits per heavy atom. The van der Waals surface area contributed by atoms with Gasteiger partial charge in [0.15, 0.2) is 17.5 Å². The molecule has 0 amide bonds. The standard InChI is InChI=1S/C43H25N3O2/c1-2-12-26(13-3-1)41-44-42(34-20-10-19-32-31-16-6-8-21-36(31)48-40(32)34)46-43(45-41)35-25-28(24-27-14-4-5-15-29(27)35)30-18-11-23-38-39(30)33-17-7-9-22-37(33)47-38/h1-25H/i1D,2D,3D,12D,13D. The van der Waals surface area contributed by atoms with Crippen LogP contribution in [0.5, 0.6) is 0 Å². The molecule has 0 fully saturated rings. The summed E-state index contributed by atoms with van der Waals surface area (Å²) in [6, 6.07) is 37.3. The van der Waals surface area contributed by atoms with Crippen molar-refractivity contribution in [1.82, 2.24) is 15.0 Å². The monoisotopic (exact) mass is 620 g/mol. The fourth-order valence-corrected chi connectivity index (χ4v) is 6.68. The second-order valence-electron chi connectivity index (χ2n) is 11.6. The number of hydrogen-bond donors (Lipinski definition) is 0. The topological polar surface area (TPSA) is 65.0 Å². The van der Waals surface area contributed by atoms with Crippen molar-refractivity contribution in [3.05, 3.63) is 152 Å². The summed E-state index contributed by atoms with van der Waals surface area (Å²) >= 11 is 0. The summed E-state index contributed by atoms with van der Waals surface area (Å²) in [6.45, 7) is 0. The number of nitrogens with zero attached hydrogens (tertiary/aromatic N) is 3. The van der Waals surface area contributed by atoms with Crippen LogP contribution in [0, 0.1) is 0 Å². The van der Waals surface area contributed by atoms with E-state index in [0.717, 1.165) is 54.6 Å². The Labute approximate surface area is 281 Å². The minimum Gasteiger partial charge on any atom is -0.456 e. The van der Waals surface area contributed by atoms with Crippen LogP contribution in [0.4, 0.5) is 0 Å². The van der Waals surface area contributed by atoms with Crippen LogP contribution in [0.3, 0.4) is 0 Å². The molecule has 0 aliphatic heterocycles. The lowest BCUT2D eigenvalue weighted by Gasteiger charge is -2.13. The first-order chi connectivity index (χ1) is 25.9. The molecule has 0 N–H and O–H groups in total. The maximum absolute atomic E-state index is 8.83. The van der Waals surface area contributed by atoms with Gasteiger partial charge < -0.3 is 8.83 Å². The Bertz CT molecular complexity index is 3120. The highest BCUT2D eigenvalue weighted by Crippen LogP contribution is 2.41. The van der Waals surface area contributed by atoms with Crippen LogP contribution >= 0.6 is 0 Å². The molecule has 0 atom stereocenters. The highest BCUT2D eigenvalue weighted by Gasteiger charge is 2.20. The maximum atomic E-state index is 8.83. The molecule has 5 heteroatoms. The van der Waals surface area contributed by atoms with Gasteiger partial charge in [0.1, 0.15) is 22.3 Å². The third-order valence-electron chi connectivity index (χ3n) is 8.82. The lowest BCUT2D eigenvalue weighted by atomic mass is 9.94. The predicted octanol–water partition coefficient (Wildman–Crippen LogP) is 11.5. The quantitative estimate of drug-likeness (QED) is 0.196. The summed E-state index contributed by atoms with van der Waals surface area (Å²) in [4.78, 5) is 14.8. The van der Waals surface area contributed by atoms with Crippen LogP contribution in [0.2, 0.25) is 0 Å². The van der Waals surface area contributed by atoms with Gasteiger partial charge in [-0.3, -0.25) is 0 Å². The van der Waals surface area contributed by atoms with Gasteiger partial charge >= 0.3 is 0 Å². The van der Waals surface area contributed by atoms with Gasteiger partial charge in [-0.1, -0.05) is 115 Å². The van der Waals surface area contributed by atoms with Gasteiger partial charge in [-0.2, -0.15) is 0 Å². The Kier molecular flexibility index (Phi) is 4.81. The van der Waals surface area contributed by atoms with E-state index < -0.39 is 30.2 Å². The number of para-hydroxylation sites is 3. The third-order valence-corrected chi connectivity index (χ3v) is 8.82. The number of fused-ring (bicyclic) bond motifs is 7. The molecule has 0 radical (unpaired) electrons. The molecule has 0 bridgehead atoms. The average Bonchev–Trinajstić information content (AvgIpc) is 3.77. The number of furan rings is 2. The second kappa shape index (κ2) is 10.5. The first-order valence-corrected chi connectivity index (χ1v) is 15.5. The smallest absolute Gasteiger partial charge is 0.167 e. The molecule has 10 aromatic rings. The van der Waals surface area contributed by atoms with Gasteiger partial charge in [-0.05, 0) is 58.3 Å². The summed E-state index contributed by atoms with van der Waals surface area (Å²) in [5.41, 5.74) is 5.83. The van der Waals surface area contributed by atoms with Gasteiger partial charge in [0.2, 0.25) is 0 Å². The van der Waals surface area contributed by atoms with Gasteiger partial charge in [0.05, 0.1) is 12.4 Å². The van der Waals surface area contributed by atoms with E-state index in [-0.39, 0.29) is 23.0 Å². The minimum absolute atomic E-state index is 0.0486. The largest absolute Gasteiger partial charge is 0.456 e. The molecule has 3 aromatic heterocycles. The molecule has 10 rings (SSSR count). The van der Waals surface area contributed by atoms with Crippen molar-refractivity contribution >= 4 is 54.6 Å². The number of rotatable bonds is 4. The molecule has 3 heterocycles. The Balaban J connectivity index is 1.29. The predicted molar refractivity (Wildman–Crippen MR) is 194 cm³/mol. The van der Waals surface area contributed by atoms with E-state index in [1.807, 2.05) is 103 Å². The second-order valence-corrected chi connectivity index (χ2v) is 11.6. The summed E-state index contributed by atoms with van der Waals surface area (Å²) in [5.74, 6) is 0.457. The zero-order valence-corrected chi connectivity index (χ0v) is 25.2. The zero-order valence-electron chi connectivity index (χ0n) is 30.2. The van der Waals surface area contributed by atoms with Crippen LogP contribution in [0.15, 0.2) is 160 Å². The van der Waals surface area contributed by atoms with E-state index in [2.05, 4.69) is 18.2 Å². The summed E-state index contributed by atoms with van der Waals surface area (Å²) in [7, 11) is 0. The molecule has 0 aliphatic carbocycles. The summed E-state index contributed by atoms with van der Waals surface area (Å²) < 4.78 is 55.4. The van der Waals surface area contributed by atoms with Crippen molar-refractivity contribution in [2.75, 3.05) is 0 Å². The van der Waals surface area contributed by atoms with E-state index in [0.29, 0.717) is 22.3 Å². The van der Waals surface area contributed by atoms with E-state index in [1.54, 1.807) is 0 Å². The number of benzene rings is 7. The van der Waals surface area contributed by atoms with Crippen molar-refractivity contribution < 1.29 is 15.7 Å². The fourth-order valence-electron chi connectivity index (χ4n) is 6.68. The molecule has 0 spiro atoms. The first-order valence-electron chi connectivity index (χ1n) is 18.0. The number of hydrogen-bond acceptors (Lipinski definition) is 5. The molecule has 7 aromatic carbocycles. The van der Waals surface area contributed by atoms with Crippen LogP contribution < -0.4 is 0 Å². The highest BCUT2D eigenvalue weighted by atomic mass is 16.3. The van der Waals surface area contributed by atoms with Crippen molar-refractivity contribution in [1.29, 1.82) is 0 Å². The highest BCUT2D eigenvalue weighted by molar-refractivity contribution is 6.14. The van der Waals surface area contributed by atoms with Gasteiger partial charge in [-0.25, -0.2) is 15.0 Å². The molecule has 0 saturated carbocycles. The Morgan fingerprint density at radius 1 is 0.438 bits per heavy atom. The van der Waals surface area contributed by atoms with Crippen molar-refractivity contribution in [3.63, 3.8) is 0 Å². The Morgan fingerprint density at radius 2 is 1.06 bits per heavy atom. The Hall–Kier alpha value is -6.59. The van der Waals surface area contributed by atoms with Crippen LogP contribution in [0.25, 0.3) is 99.9 Å². The molecular weight excluding hydrogens is 590 g/mol. The minimum atomic E-state index is -0.495. The maximum Gasteiger partial charge on any atom is 0.167 e. The van der Waals surface area contributed by atoms with Crippen molar-refractivity contribution in [2.45, 2.75) is 0 Å². The molecule has 0 aliphatic rings. The summed E-state index contributed by atoms with van der Waals surface area (Å²) in [6.07, 6.45) is 0. The van der Waals surface area contributed by atoms with Gasteiger partial charge in [0.25, 0.3) is 0 Å². The van der Waals surface area contributed by atoms with Crippen LogP contribution in [0.1, 0.15) is 6.85 Å². The van der Waals surface area contributed by atoms with E-state index >= 15 is 0 Å². The SMILES string of the molecule is [2H]c1c([2H])c([2H])c(-c2nc(-c3cc(-c4cccc5oc6ccccc6c45)cc4ccccc34)nc(-c3cccc4c3oc3ccccc34)n2)c([2H])c1[2H]. The molecule has 48 heavy (non-hydrogen) atoms. The molecule has 224 valence electrons. The number of aromatic nitrogens is 3. The van der Waals surface area contributed by atoms with Crippen molar-refractivity contribution in [3.8, 4) is 45.3 Å². The first kappa shape index (κ1) is 22.0. The lowest BCUT2D eigenvalue weighted by Crippen LogP contribution is -2.01. The summed E-state index contributed by atoms with van der Waals surface area (Å²) in [5, 5.41) is 5.60.